The molecule has 2 saturated heterocycles. The summed E-state index contributed by atoms with van der Waals surface area (Å²) in [5, 5.41) is 25.6. The molecule has 3 heterocycles. The highest BCUT2D eigenvalue weighted by molar-refractivity contribution is 6.99. The summed E-state index contributed by atoms with van der Waals surface area (Å²) in [7, 11) is -4.36. The molecule has 10 heteroatoms. The van der Waals surface area contributed by atoms with Crippen molar-refractivity contribution in [3.63, 3.8) is 0 Å². The van der Waals surface area contributed by atoms with E-state index in [1.807, 2.05) is 36.4 Å². The van der Waals surface area contributed by atoms with Gasteiger partial charge in [-0.05, 0) is 33.6 Å². The number of furan rings is 1. The molecule has 0 amide bonds. The highest BCUT2D eigenvalue weighted by Crippen LogP contribution is 2.43. The molecule has 8 nitrogen and oxygen atoms in total. The van der Waals surface area contributed by atoms with Crippen LogP contribution in [0.15, 0.2) is 83.5 Å². The first-order valence-corrected chi connectivity index (χ1v) is 20.7. The SMILES string of the molecule is CC(C)(C)[Si](OC[C@H]1O[C@@H](OCC[Si](C)(C)C)[C@H](O)[C@H]2O[C@@H](c3ccco3)OC[C@@]21O)(c1ccccc1)c1ccccc1. The van der Waals surface area contributed by atoms with Crippen molar-refractivity contribution in [2.75, 3.05) is 19.8 Å². The zero-order valence-corrected chi connectivity index (χ0v) is 28.1. The van der Waals surface area contributed by atoms with Crippen LogP contribution in [0.4, 0.5) is 0 Å². The van der Waals surface area contributed by atoms with Gasteiger partial charge in [0.15, 0.2) is 12.1 Å². The monoisotopic (exact) mass is 626 g/mol. The van der Waals surface area contributed by atoms with Crippen molar-refractivity contribution in [3.8, 4) is 0 Å². The number of fused-ring (bicyclic) bond motifs is 1. The molecule has 6 atom stereocenters. The van der Waals surface area contributed by atoms with Crippen LogP contribution in [0.2, 0.25) is 30.7 Å². The molecule has 0 saturated carbocycles. The zero-order valence-electron chi connectivity index (χ0n) is 26.1. The first-order valence-electron chi connectivity index (χ1n) is 15.1. The molecular formula is C33H46O8Si2. The van der Waals surface area contributed by atoms with Crippen LogP contribution in [-0.4, -0.2) is 76.6 Å². The van der Waals surface area contributed by atoms with Gasteiger partial charge in [-0.2, -0.15) is 0 Å². The van der Waals surface area contributed by atoms with Crippen molar-refractivity contribution in [3.05, 3.63) is 84.8 Å². The molecule has 2 N–H and O–H groups in total. The van der Waals surface area contributed by atoms with E-state index in [2.05, 4.69) is 64.7 Å². The molecule has 0 aliphatic carbocycles. The van der Waals surface area contributed by atoms with E-state index >= 15 is 0 Å². The molecule has 0 unspecified atom stereocenters. The number of aliphatic hydroxyl groups excluding tert-OH is 1. The van der Waals surface area contributed by atoms with Crippen LogP contribution in [0.5, 0.6) is 0 Å². The van der Waals surface area contributed by atoms with Crippen LogP contribution in [0.3, 0.4) is 0 Å². The van der Waals surface area contributed by atoms with Gasteiger partial charge in [-0.15, -0.1) is 0 Å². The van der Waals surface area contributed by atoms with E-state index in [9.17, 15) is 10.2 Å². The second kappa shape index (κ2) is 12.7. The predicted octanol–water partition coefficient (Wildman–Crippen LogP) is 4.44. The van der Waals surface area contributed by atoms with E-state index in [1.165, 1.54) is 6.26 Å². The van der Waals surface area contributed by atoms with Crippen LogP contribution < -0.4 is 10.4 Å². The van der Waals surface area contributed by atoms with Gasteiger partial charge in [-0.1, -0.05) is 101 Å². The standard InChI is InChI=1S/C33H46O8Si2/c1-32(2,3)43(24-14-9-7-10-15-24,25-16-11-8-12-17-25)39-22-27-33(35)23-38-30(26-18-13-19-36-26)41-29(33)28(34)31(40-27)37-20-21-42(4,5)6/h7-19,27-31,34-35H,20-23H2,1-6H3/t27-,28-,29-,30+,31-,33+/m1/s1. The van der Waals surface area contributed by atoms with Crippen LogP contribution in [0, 0.1) is 0 Å². The molecule has 2 aliphatic rings. The summed E-state index contributed by atoms with van der Waals surface area (Å²) in [6.07, 6.45) is -3.58. The molecular weight excluding hydrogens is 581 g/mol. The Morgan fingerprint density at radius 1 is 0.907 bits per heavy atom. The summed E-state index contributed by atoms with van der Waals surface area (Å²) in [4.78, 5) is 0. The van der Waals surface area contributed by atoms with Crippen molar-refractivity contribution >= 4 is 26.8 Å². The number of hydrogen-bond acceptors (Lipinski definition) is 8. The fraction of sp³-hybridized carbons (Fsp3) is 0.515. The van der Waals surface area contributed by atoms with E-state index in [4.69, 9.17) is 27.8 Å². The molecule has 0 bridgehead atoms. The lowest BCUT2D eigenvalue weighted by Crippen LogP contribution is -2.73. The fourth-order valence-corrected chi connectivity index (χ4v) is 11.4. The van der Waals surface area contributed by atoms with Crippen molar-refractivity contribution in [2.24, 2.45) is 0 Å². The fourth-order valence-electron chi connectivity index (χ4n) is 6.08. The minimum atomic E-state index is -2.95. The number of aliphatic hydroxyl groups is 2. The third-order valence-electron chi connectivity index (χ3n) is 8.45. The molecule has 234 valence electrons. The largest absolute Gasteiger partial charge is 0.464 e. The number of hydrogen-bond donors (Lipinski definition) is 2. The Morgan fingerprint density at radius 3 is 2.07 bits per heavy atom. The average Bonchev–Trinajstić information content (AvgIpc) is 3.50. The molecule has 5 rings (SSSR count). The minimum absolute atomic E-state index is 0.0407. The van der Waals surface area contributed by atoms with Crippen molar-refractivity contribution in [1.29, 1.82) is 0 Å². The average molecular weight is 627 g/mol. The summed E-state index contributed by atoms with van der Waals surface area (Å²) in [6.45, 7) is 13.7. The third kappa shape index (κ3) is 6.63. The number of ether oxygens (including phenoxy) is 4. The van der Waals surface area contributed by atoms with Gasteiger partial charge in [0.1, 0.15) is 23.9 Å². The number of benzene rings is 2. The quantitative estimate of drug-likeness (QED) is 0.319. The van der Waals surface area contributed by atoms with E-state index in [0.29, 0.717) is 12.4 Å². The van der Waals surface area contributed by atoms with Crippen LogP contribution in [0.25, 0.3) is 0 Å². The van der Waals surface area contributed by atoms with Gasteiger partial charge >= 0.3 is 0 Å². The predicted molar refractivity (Wildman–Crippen MR) is 170 cm³/mol. The van der Waals surface area contributed by atoms with Gasteiger partial charge in [-0.3, -0.25) is 0 Å². The minimum Gasteiger partial charge on any atom is -0.464 e. The highest BCUT2D eigenvalue weighted by Gasteiger charge is 2.61. The molecule has 1 aromatic heterocycles. The lowest BCUT2D eigenvalue weighted by molar-refractivity contribution is -0.397. The maximum atomic E-state index is 12.2. The molecule has 43 heavy (non-hydrogen) atoms. The van der Waals surface area contributed by atoms with Crippen molar-refractivity contribution in [1.82, 2.24) is 0 Å². The van der Waals surface area contributed by atoms with Gasteiger partial charge < -0.3 is 38.0 Å². The van der Waals surface area contributed by atoms with Crippen LogP contribution in [0.1, 0.15) is 32.8 Å². The first-order chi connectivity index (χ1) is 20.3. The summed E-state index contributed by atoms with van der Waals surface area (Å²) < 4.78 is 37.4. The van der Waals surface area contributed by atoms with Gasteiger partial charge in [0.25, 0.3) is 8.32 Å². The van der Waals surface area contributed by atoms with Crippen LogP contribution >= 0.6 is 0 Å². The second-order valence-corrected chi connectivity index (χ2v) is 23.8. The van der Waals surface area contributed by atoms with Gasteiger partial charge in [0.05, 0.1) is 19.5 Å². The summed E-state index contributed by atoms with van der Waals surface area (Å²) in [6, 6.07) is 25.0. The molecule has 2 aromatic carbocycles. The second-order valence-electron chi connectivity index (χ2n) is 13.8. The van der Waals surface area contributed by atoms with Gasteiger partial charge in [0, 0.05) is 14.7 Å². The number of rotatable bonds is 10. The molecule has 3 aromatic rings. The van der Waals surface area contributed by atoms with Crippen molar-refractivity contribution < 1.29 is 38.0 Å². The molecule has 2 fully saturated rings. The van der Waals surface area contributed by atoms with Gasteiger partial charge in [-0.25, -0.2) is 0 Å². The molecule has 0 spiro atoms. The summed E-state index contributed by atoms with van der Waals surface area (Å²) in [5.41, 5.74) is -1.70. The normalized spacial score (nSPS) is 28.4. The topological polar surface area (TPSA) is 99.8 Å². The maximum Gasteiger partial charge on any atom is 0.261 e. The highest BCUT2D eigenvalue weighted by atomic mass is 28.4. The Hall–Kier alpha value is -2.13. The van der Waals surface area contributed by atoms with Crippen LogP contribution in [-0.2, 0) is 23.4 Å². The Kier molecular flexibility index (Phi) is 9.53. The lowest BCUT2D eigenvalue weighted by Gasteiger charge is -2.53. The third-order valence-corrected chi connectivity index (χ3v) is 15.2. The van der Waals surface area contributed by atoms with E-state index < -0.39 is 52.9 Å². The first kappa shape index (κ1) is 32.3. The lowest BCUT2D eigenvalue weighted by atomic mass is 9.84. The molecule has 0 radical (unpaired) electrons. The Bertz CT molecular complexity index is 1250. The van der Waals surface area contributed by atoms with E-state index in [1.54, 1.807) is 12.1 Å². The maximum absolute atomic E-state index is 12.2. The Morgan fingerprint density at radius 2 is 1.53 bits per heavy atom. The Balaban J connectivity index is 1.49. The van der Waals surface area contributed by atoms with E-state index in [-0.39, 0.29) is 18.3 Å². The van der Waals surface area contributed by atoms with Crippen molar-refractivity contribution in [2.45, 2.75) is 88.0 Å². The van der Waals surface area contributed by atoms with E-state index in [0.717, 1.165) is 16.4 Å². The summed E-state index contributed by atoms with van der Waals surface area (Å²) >= 11 is 0. The Labute approximate surface area is 257 Å². The molecule has 2 aliphatic heterocycles. The summed E-state index contributed by atoms with van der Waals surface area (Å²) in [5.74, 6) is 0.456. The smallest absolute Gasteiger partial charge is 0.261 e. The zero-order chi connectivity index (χ0) is 30.9. The van der Waals surface area contributed by atoms with Gasteiger partial charge in [0.2, 0.25) is 6.29 Å².